The van der Waals surface area contributed by atoms with Crippen LogP contribution in [-0.4, -0.2) is 18.2 Å². The number of aromatic carboxylic acids is 1. The number of ether oxygens (including phenoxy) is 1. The van der Waals surface area contributed by atoms with Gasteiger partial charge in [0.25, 0.3) is 0 Å². The molecule has 2 rings (SSSR count). The Bertz CT molecular complexity index is 740. The number of hydrogen-bond acceptors (Lipinski definition) is 4. The molecule has 0 aliphatic carbocycles. The number of methoxy groups -OCH3 is 1. The fourth-order valence-electron chi connectivity index (χ4n) is 2.40. The van der Waals surface area contributed by atoms with E-state index in [1.807, 2.05) is 18.2 Å². The van der Waals surface area contributed by atoms with E-state index < -0.39 is 11.9 Å². The number of carboxylic acids is 1. The van der Waals surface area contributed by atoms with Crippen LogP contribution in [0.3, 0.4) is 0 Å². The van der Waals surface area contributed by atoms with Crippen LogP contribution in [0, 0.1) is 11.3 Å². The maximum absolute atomic E-state index is 10.9. The van der Waals surface area contributed by atoms with Gasteiger partial charge in [-0.3, -0.25) is 0 Å². The van der Waals surface area contributed by atoms with E-state index in [1.165, 1.54) is 12.1 Å². The molecule has 120 valence electrons. The van der Waals surface area contributed by atoms with Crippen molar-refractivity contribution in [2.24, 2.45) is 0 Å². The van der Waals surface area contributed by atoms with Crippen molar-refractivity contribution in [3.8, 4) is 11.8 Å². The monoisotopic (exact) mass is 313 g/mol. The number of rotatable bonds is 6. The molecule has 1 aromatic heterocycles. The average molecular weight is 313 g/mol. The van der Waals surface area contributed by atoms with Gasteiger partial charge < -0.3 is 14.3 Å². The molecule has 0 aliphatic rings. The first-order valence-electron chi connectivity index (χ1n) is 7.35. The van der Waals surface area contributed by atoms with Gasteiger partial charge in [0.2, 0.25) is 5.76 Å². The van der Waals surface area contributed by atoms with E-state index in [1.54, 1.807) is 7.11 Å². The van der Waals surface area contributed by atoms with Crippen molar-refractivity contribution < 1.29 is 19.1 Å². The number of furan rings is 1. The second kappa shape index (κ2) is 7.01. The minimum absolute atomic E-state index is 0.164. The summed E-state index contributed by atoms with van der Waals surface area (Å²) in [4.78, 5) is 10.9. The lowest BCUT2D eigenvalue weighted by Crippen LogP contribution is -2.03. The van der Waals surface area contributed by atoms with E-state index in [-0.39, 0.29) is 5.76 Å². The quantitative estimate of drug-likeness (QED) is 0.872. The molecule has 0 aliphatic heterocycles. The average Bonchev–Trinajstić information content (AvgIpc) is 3.02. The topological polar surface area (TPSA) is 83.5 Å². The molecule has 0 fully saturated rings. The molecule has 1 unspecified atom stereocenters. The van der Waals surface area contributed by atoms with E-state index in [9.17, 15) is 10.1 Å². The summed E-state index contributed by atoms with van der Waals surface area (Å²) in [5.41, 5.74) is 2.06. The van der Waals surface area contributed by atoms with Crippen LogP contribution in [0.4, 0.5) is 0 Å². The number of hydrogen-bond donors (Lipinski definition) is 1. The lowest BCUT2D eigenvalue weighted by molar-refractivity contribution is 0.0660. The lowest BCUT2D eigenvalue weighted by atomic mass is 9.93. The van der Waals surface area contributed by atoms with Crippen molar-refractivity contribution in [1.82, 2.24) is 0 Å². The molecule has 1 N–H and O–H groups in total. The highest BCUT2D eigenvalue weighted by Gasteiger charge is 2.20. The number of nitrogens with zero attached hydrogens (tertiary/aromatic N) is 1. The highest BCUT2D eigenvalue weighted by Crippen LogP contribution is 2.30. The van der Waals surface area contributed by atoms with Gasteiger partial charge in [-0.2, -0.15) is 5.26 Å². The molecular formula is C18H19NO4. The fraction of sp³-hybridized carbons (Fsp3) is 0.333. The van der Waals surface area contributed by atoms with Crippen molar-refractivity contribution in [3.63, 3.8) is 0 Å². The molecular weight excluding hydrogens is 294 g/mol. The summed E-state index contributed by atoms with van der Waals surface area (Å²) in [6.07, 6.45) is 0.396. The molecule has 0 bridgehead atoms. The summed E-state index contributed by atoms with van der Waals surface area (Å²) >= 11 is 0. The Kier molecular flexibility index (Phi) is 5.07. The summed E-state index contributed by atoms with van der Waals surface area (Å²) in [5, 5.41) is 18.4. The predicted molar refractivity (Wildman–Crippen MR) is 84.8 cm³/mol. The number of nitriles is 1. The Balaban J connectivity index is 2.32. The van der Waals surface area contributed by atoms with Gasteiger partial charge >= 0.3 is 5.97 Å². The number of benzene rings is 1. The third kappa shape index (κ3) is 3.72. The zero-order valence-electron chi connectivity index (χ0n) is 13.4. The highest BCUT2D eigenvalue weighted by molar-refractivity contribution is 5.84. The molecule has 1 atom stereocenters. The van der Waals surface area contributed by atoms with Gasteiger partial charge in [-0.05, 0) is 41.7 Å². The molecule has 0 saturated carbocycles. The first-order chi connectivity index (χ1) is 11.0. The third-order valence-electron chi connectivity index (χ3n) is 3.73. The molecule has 0 saturated heterocycles. The first kappa shape index (κ1) is 16.6. The standard InChI is InChI=1S/C18H19NO4/c1-11(2)12-4-5-15(22-3)13(8-12)9-14(10-19)16-6-7-17(23-16)18(20)21/h4-8,11,14H,9H2,1-3H3,(H,20,21). The molecule has 5 heteroatoms. The van der Waals surface area contributed by atoms with E-state index in [0.29, 0.717) is 23.8 Å². The lowest BCUT2D eigenvalue weighted by Gasteiger charge is -2.14. The SMILES string of the molecule is COc1ccc(C(C)C)cc1CC(C#N)c1ccc(C(=O)O)o1. The summed E-state index contributed by atoms with van der Waals surface area (Å²) in [6, 6.07) is 11.0. The molecule has 1 aromatic carbocycles. The van der Waals surface area contributed by atoms with E-state index in [2.05, 4.69) is 19.9 Å². The first-order valence-corrected chi connectivity index (χ1v) is 7.35. The minimum Gasteiger partial charge on any atom is -0.496 e. The second-order valence-corrected chi connectivity index (χ2v) is 5.62. The van der Waals surface area contributed by atoms with Crippen molar-refractivity contribution in [2.75, 3.05) is 7.11 Å². The molecule has 0 amide bonds. The van der Waals surface area contributed by atoms with Gasteiger partial charge in [0.05, 0.1) is 13.2 Å². The normalized spacial score (nSPS) is 12.0. The zero-order valence-corrected chi connectivity index (χ0v) is 13.4. The van der Waals surface area contributed by atoms with Crippen molar-refractivity contribution >= 4 is 5.97 Å². The molecule has 5 nitrogen and oxygen atoms in total. The Labute approximate surface area is 135 Å². The van der Waals surface area contributed by atoms with Crippen LogP contribution in [0.25, 0.3) is 0 Å². The van der Waals surface area contributed by atoms with Gasteiger partial charge in [0.1, 0.15) is 17.4 Å². The van der Waals surface area contributed by atoms with Crippen molar-refractivity contribution in [2.45, 2.75) is 32.1 Å². The van der Waals surface area contributed by atoms with E-state index in [0.717, 1.165) is 11.1 Å². The maximum atomic E-state index is 10.9. The second-order valence-electron chi connectivity index (χ2n) is 5.62. The summed E-state index contributed by atoms with van der Waals surface area (Å²) in [5.74, 6) is -0.459. The van der Waals surface area contributed by atoms with Gasteiger partial charge in [0.15, 0.2) is 0 Å². The van der Waals surface area contributed by atoms with Gasteiger partial charge in [-0.15, -0.1) is 0 Å². The van der Waals surface area contributed by atoms with Crippen molar-refractivity contribution in [3.05, 3.63) is 53.0 Å². The van der Waals surface area contributed by atoms with E-state index in [4.69, 9.17) is 14.3 Å². The number of carbonyl (C=O) groups is 1. The van der Waals surface area contributed by atoms with Gasteiger partial charge in [-0.1, -0.05) is 26.0 Å². The Morgan fingerprint density at radius 2 is 2.09 bits per heavy atom. The summed E-state index contributed by atoms with van der Waals surface area (Å²) in [6.45, 7) is 4.19. The highest BCUT2D eigenvalue weighted by atomic mass is 16.5. The molecule has 0 radical (unpaired) electrons. The van der Waals surface area contributed by atoms with Crippen LogP contribution >= 0.6 is 0 Å². The van der Waals surface area contributed by atoms with Gasteiger partial charge in [-0.25, -0.2) is 4.79 Å². The Hall–Kier alpha value is -2.74. The molecule has 23 heavy (non-hydrogen) atoms. The Morgan fingerprint density at radius 3 is 2.61 bits per heavy atom. The van der Waals surface area contributed by atoms with Crippen LogP contribution in [0.5, 0.6) is 5.75 Å². The smallest absolute Gasteiger partial charge is 0.371 e. The fourth-order valence-corrected chi connectivity index (χ4v) is 2.40. The van der Waals surface area contributed by atoms with E-state index >= 15 is 0 Å². The minimum atomic E-state index is -1.15. The Morgan fingerprint density at radius 1 is 1.35 bits per heavy atom. The van der Waals surface area contributed by atoms with Crippen LogP contribution in [0.2, 0.25) is 0 Å². The number of carboxylic acid groups (broad SMARTS) is 1. The zero-order chi connectivity index (χ0) is 17.0. The third-order valence-corrected chi connectivity index (χ3v) is 3.73. The molecule has 0 spiro atoms. The predicted octanol–water partition coefficient (Wildman–Crippen LogP) is 3.96. The van der Waals surface area contributed by atoms with Crippen LogP contribution in [-0.2, 0) is 6.42 Å². The maximum Gasteiger partial charge on any atom is 0.371 e. The molecule has 2 aromatic rings. The van der Waals surface area contributed by atoms with Crippen molar-refractivity contribution in [1.29, 1.82) is 5.26 Å². The van der Waals surface area contributed by atoms with Crippen LogP contribution < -0.4 is 4.74 Å². The van der Waals surface area contributed by atoms with Crippen LogP contribution in [0.15, 0.2) is 34.7 Å². The molecule has 1 heterocycles. The summed E-state index contributed by atoms with van der Waals surface area (Å²) in [7, 11) is 1.59. The van der Waals surface area contributed by atoms with Gasteiger partial charge in [0, 0.05) is 0 Å². The largest absolute Gasteiger partial charge is 0.496 e. The summed E-state index contributed by atoms with van der Waals surface area (Å²) < 4.78 is 10.6. The van der Waals surface area contributed by atoms with Crippen LogP contribution in [0.1, 0.15) is 53.1 Å².